The van der Waals surface area contributed by atoms with Crippen LogP contribution in [0.4, 0.5) is 0 Å². The lowest BCUT2D eigenvalue weighted by Crippen LogP contribution is -2.13. The van der Waals surface area contributed by atoms with Crippen molar-refractivity contribution < 1.29 is 13.2 Å². The Kier molecular flexibility index (Phi) is 3.48. The lowest BCUT2D eigenvalue weighted by molar-refractivity contribution is 0.161. The largest absolute Gasteiger partial charge is 0.383 e. The second-order valence-electron chi connectivity index (χ2n) is 3.38. The van der Waals surface area contributed by atoms with E-state index in [9.17, 15) is 8.42 Å². The SMILES string of the molecule is COCC(C)n1cc(S(N)(=O)=O)nc1C. The molecule has 15 heavy (non-hydrogen) atoms. The van der Waals surface area contributed by atoms with Crippen LogP contribution in [0.1, 0.15) is 18.8 Å². The molecule has 7 heteroatoms. The van der Waals surface area contributed by atoms with Crippen LogP contribution in [-0.2, 0) is 14.8 Å². The second-order valence-corrected chi connectivity index (χ2v) is 4.89. The summed E-state index contributed by atoms with van der Waals surface area (Å²) in [5.41, 5.74) is 0. The number of primary sulfonamides is 1. The van der Waals surface area contributed by atoms with Crippen LogP contribution in [0.25, 0.3) is 0 Å². The lowest BCUT2D eigenvalue weighted by atomic mass is 10.3. The zero-order valence-corrected chi connectivity index (χ0v) is 9.78. The van der Waals surface area contributed by atoms with Crippen LogP contribution in [0.2, 0.25) is 0 Å². The summed E-state index contributed by atoms with van der Waals surface area (Å²) in [4.78, 5) is 3.88. The van der Waals surface area contributed by atoms with Crippen molar-refractivity contribution in [2.24, 2.45) is 5.14 Å². The fourth-order valence-electron chi connectivity index (χ4n) is 1.36. The number of hydrogen-bond acceptors (Lipinski definition) is 4. The predicted octanol–water partition coefficient (Wildman–Crippen LogP) is 0.0463. The summed E-state index contributed by atoms with van der Waals surface area (Å²) in [5, 5.41) is 4.87. The lowest BCUT2D eigenvalue weighted by Gasteiger charge is -2.13. The molecule has 0 aromatic carbocycles. The van der Waals surface area contributed by atoms with E-state index in [4.69, 9.17) is 9.88 Å². The fourth-order valence-corrected chi connectivity index (χ4v) is 1.88. The first-order valence-corrected chi connectivity index (χ1v) is 5.98. The maximum atomic E-state index is 11.0. The number of nitrogens with zero attached hydrogens (tertiary/aromatic N) is 2. The van der Waals surface area contributed by atoms with Crippen LogP contribution >= 0.6 is 0 Å². The summed E-state index contributed by atoms with van der Waals surface area (Å²) in [5.74, 6) is 0.601. The molecule has 86 valence electrons. The Bertz CT molecular complexity index is 438. The van der Waals surface area contributed by atoms with E-state index in [1.807, 2.05) is 6.92 Å². The van der Waals surface area contributed by atoms with Crippen LogP contribution in [0.3, 0.4) is 0 Å². The Morgan fingerprint density at radius 1 is 1.67 bits per heavy atom. The van der Waals surface area contributed by atoms with E-state index < -0.39 is 10.0 Å². The van der Waals surface area contributed by atoms with Crippen LogP contribution in [0, 0.1) is 6.92 Å². The molecular formula is C8H15N3O3S. The van der Waals surface area contributed by atoms with E-state index in [1.54, 1.807) is 18.6 Å². The molecule has 1 aromatic heterocycles. The standard InChI is InChI=1S/C8H15N3O3S/c1-6(5-14-3)11-4-8(10-7(11)2)15(9,12)13/h4,6H,5H2,1-3H3,(H2,9,12,13). The van der Waals surface area contributed by atoms with Crippen LogP contribution in [-0.4, -0.2) is 31.7 Å². The molecule has 6 nitrogen and oxygen atoms in total. The highest BCUT2D eigenvalue weighted by atomic mass is 32.2. The molecule has 0 bridgehead atoms. The highest BCUT2D eigenvalue weighted by molar-refractivity contribution is 7.89. The van der Waals surface area contributed by atoms with E-state index in [0.29, 0.717) is 12.4 Å². The van der Waals surface area contributed by atoms with Crippen LogP contribution < -0.4 is 5.14 Å². The number of aromatic nitrogens is 2. The van der Waals surface area contributed by atoms with Crippen molar-refractivity contribution in [1.29, 1.82) is 0 Å². The van der Waals surface area contributed by atoms with Gasteiger partial charge in [0, 0.05) is 13.3 Å². The molecule has 1 unspecified atom stereocenters. The Balaban J connectivity index is 3.07. The molecule has 0 aliphatic rings. The molecule has 0 aliphatic heterocycles. The van der Waals surface area contributed by atoms with Crippen molar-refractivity contribution in [3.05, 3.63) is 12.0 Å². The van der Waals surface area contributed by atoms with Gasteiger partial charge in [0.25, 0.3) is 10.0 Å². The van der Waals surface area contributed by atoms with Crippen molar-refractivity contribution in [1.82, 2.24) is 9.55 Å². The van der Waals surface area contributed by atoms with E-state index in [1.165, 1.54) is 6.20 Å². The third-order valence-electron chi connectivity index (χ3n) is 2.07. The molecule has 0 saturated carbocycles. The topological polar surface area (TPSA) is 87.2 Å². The van der Waals surface area contributed by atoms with Gasteiger partial charge in [0.15, 0.2) is 5.03 Å². The maximum absolute atomic E-state index is 11.0. The van der Waals surface area contributed by atoms with Gasteiger partial charge < -0.3 is 9.30 Å². The number of nitrogens with two attached hydrogens (primary N) is 1. The molecule has 0 saturated heterocycles. The molecule has 1 atom stereocenters. The van der Waals surface area contributed by atoms with Crippen molar-refractivity contribution in [3.8, 4) is 0 Å². The highest BCUT2D eigenvalue weighted by Crippen LogP contribution is 2.13. The van der Waals surface area contributed by atoms with E-state index in [0.717, 1.165) is 0 Å². The number of sulfonamides is 1. The molecule has 0 amide bonds. The average Bonchev–Trinajstić information content (AvgIpc) is 2.47. The van der Waals surface area contributed by atoms with Crippen LogP contribution in [0.15, 0.2) is 11.2 Å². The van der Waals surface area contributed by atoms with Crippen molar-refractivity contribution >= 4 is 10.0 Å². The van der Waals surface area contributed by atoms with E-state index >= 15 is 0 Å². The van der Waals surface area contributed by atoms with Crippen LogP contribution in [0.5, 0.6) is 0 Å². The van der Waals surface area contributed by atoms with Gasteiger partial charge in [-0.25, -0.2) is 18.5 Å². The Morgan fingerprint density at radius 2 is 2.27 bits per heavy atom. The molecule has 1 aromatic rings. The van der Waals surface area contributed by atoms with Gasteiger partial charge in [0.2, 0.25) is 0 Å². The Labute approximate surface area is 89.1 Å². The molecule has 0 radical (unpaired) electrons. The predicted molar refractivity (Wildman–Crippen MR) is 54.9 cm³/mol. The normalized spacial score (nSPS) is 14.1. The minimum Gasteiger partial charge on any atom is -0.383 e. The molecule has 0 aliphatic carbocycles. The maximum Gasteiger partial charge on any atom is 0.257 e. The summed E-state index contributed by atoms with van der Waals surface area (Å²) >= 11 is 0. The molecule has 0 spiro atoms. The van der Waals surface area contributed by atoms with E-state index in [2.05, 4.69) is 4.98 Å². The molecule has 1 heterocycles. The quantitative estimate of drug-likeness (QED) is 0.795. The monoisotopic (exact) mass is 233 g/mol. The van der Waals surface area contributed by atoms with Gasteiger partial charge in [-0.2, -0.15) is 0 Å². The molecule has 1 rings (SSSR count). The third kappa shape index (κ3) is 2.77. The smallest absolute Gasteiger partial charge is 0.257 e. The number of ether oxygens (including phenoxy) is 1. The van der Waals surface area contributed by atoms with Gasteiger partial charge >= 0.3 is 0 Å². The summed E-state index contributed by atoms with van der Waals surface area (Å²) in [6.45, 7) is 4.12. The summed E-state index contributed by atoms with van der Waals surface area (Å²) in [7, 11) is -2.14. The molecular weight excluding hydrogens is 218 g/mol. The summed E-state index contributed by atoms with van der Waals surface area (Å²) < 4.78 is 28.8. The minimum atomic E-state index is -3.73. The van der Waals surface area contributed by atoms with Gasteiger partial charge in [-0.05, 0) is 13.8 Å². The zero-order valence-electron chi connectivity index (χ0n) is 8.97. The summed E-state index contributed by atoms with van der Waals surface area (Å²) in [6, 6.07) is 0.0259. The van der Waals surface area contributed by atoms with Crippen molar-refractivity contribution in [3.63, 3.8) is 0 Å². The van der Waals surface area contributed by atoms with Gasteiger partial charge in [-0.1, -0.05) is 0 Å². The first-order valence-electron chi connectivity index (χ1n) is 4.43. The number of methoxy groups -OCH3 is 1. The highest BCUT2D eigenvalue weighted by Gasteiger charge is 2.16. The minimum absolute atomic E-state index is 0.0259. The number of rotatable bonds is 4. The number of aryl methyl sites for hydroxylation is 1. The average molecular weight is 233 g/mol. The Hall–Kier alpha value is -0.920. The molecule has 0 fully saturated rings. The first kappa shape index (κ1) is 12.2. The van der Waals surface area contributed by atoms with Gasteiger partial charge in [-0.3, -0.25) is 0 Å². The number of hydrogen-bond donors (Lipinski definition) is 1. The second kappa shape index (κ2) is 4.30. The molecule has 2 N–H and O–H groups in total. The zero-order chi connectivity index (χ0) is 11.6. The Morgan fingerprint density at radius 3 is 2.67 bits per heavy atom. The fraction of sp³-hybridized carbons (Fsp3) is 0.625. The first-order chi connectivity index (χ1) is 6.86. The van der Waals surface area contributed by atoms with Gasteiger partial charge in [-0.15, -0.1) is 0 Å². The third-order valence-corrected chi connectivity index (χ3v) is 2.85. The van der Waals surface area contributed by atoms with Gasteiger partial charge in [0.1, 0.15) is 5.82 Å². The van der Waals surface area contributed by atoms with Crippen molar-refractivity contribution in [2.75, 3.05) is 13.7 Å². The number of imidazole rings is 1. The van der Waals surface area contributed by atoms with E-state index in [-0.39, 0.29) is 11.1 Å². The summed E-state index contributed by atoms with van der Waals surface area (Å²) in [6.07, 6.45) is 1.42. The van der Waals surface area contributed by atoms with Gasteiger partial charge in [0.05, 0.1) is 12.6 Å². The van der Waals surface area contributed by atoms with Crippen molar-refractivity contribution in [2.45, 2.75) is 24.9 Å².